The molecule has 18 heavy (non-hydrogen) atoms. The van der Waals surface area contributed by atoms with E-state index in [1.165, 1.54) is 0 Å². The minimum absolute atomic E-state index is 0.271. The Bertz CT molecular complexity index is 522. The summed E-state index contributed by atoms with van der Waals surface area (Å²) in [5, 5.41) is 9.67. The van der Waals surface area contributed by atoms with Crippen LogP contribution in [0.5, 0.6) is 11.5 Å². The monoisotopic (exact) mass is 240 g/mol. The SMILES string of the molecule is C=CCc1cc(OC2=CC=CCC=C2)ccc1O. The summed E-state index contributed by atoms with van der Waals surface area (Å²) in [7, 11) is 0. The Hall–Kier alpha value is -2.22. The van der Waals surface area contributed by atoms with Gasteiger partial charge in [0.05, 0.1) is 0 Å². The van der Waals surface area contributed by atoms with Crippen LogP contribution in [0.1, 0.15) is 12.0 Å². The molecule has 92 valence electrons. The van der Waals surface area contributed by atoms with Crippen LogP contribution >= 0.6 is 0 Å². The van der Waals surface area contributed by atoms with Crippen molar-refractivity contribution in [3.63, 3.8) is 0 Å². The van der Waals surface area contributed by atoms with Crippen LogP contribution in [0.2, 0.25) is 0 Å². The third-order valence-electron chi connectivity index (χ3n) is 2.60. The van der Waals surface area contributed by atoms with E-state index in [-0.39, 0.29) is 5.75 Å². The number of phenolic OH excluding ortho intramolecular Hbond substituents is 1. The molecule has 0 heterocycles. The van der Waals surface area contributed by atoms with Gasteiger partial charge in [-0.25, -0.2) is 0 Å². The van der Waals surface area contributed by atoms with Crippen LogP contribution in [0.4, 0.5) is 0 Å². The van der Waals surface area contributed by atoms with Crippen LogP contribution in [-0.4, -0.2) is 5.11 Å². The van der Waals surface area contributed by atoms with E-state index < -0.39 is 0 Å². The summed E-state index contributed by atoms with van der Waals surface area (Å²) < 4.78 is 5.75. The summed E-state index contributed by atoms with van der Waals surface area (Å²) in [6.07, 6.45) is 13.2. The van der Waals surface area contributed by atoms with Gasteiger partial charge in [0.2, 0.25) is 0 Å². The highest BCUT2D eigenvalue weighted by Crippen LogP contribution is 2.25. The number of hydrogen-bond donors (Lipinski definition) is 1. The van der Waals surface area contributed by atoms with Gasteiger partial charge in [0.25, 0.3) is 0 Å². The number of aromatic hydroxyl groups is 1. The number of rotatable bonds is 4. The van der Waals surface area contributed by atoms with Crippen molar-refractivity contribution in [2.45, 2.75) is 12.8 Å². The van der Waals surface area contributed by atoms with E-state index >= 15 is 0 Å². The molecule has 2 nitrogen and oxygen atoms in total. The topological polar surface area (TPSA) is 29.5 Å². The fourth-order valence-electron chi connectivity index (χ4n) is 1.71. The molecule has 0 aliphatic heterocycles. The second kappa shape index (κ2) is 5.92. The lowest BCUT2D eigenvalue weighted by Gasteiger charge is -2.08. The van der Waals surface area contributed by atoms with Gasteiger partial charge in [0, 0.05) is 5.56 Å². The predicted octanol–water partition coefficient (Wildman–Crippen LogP) is 3.90. The molecule has 1 aliphatic carbocycles. The van der Waals surface area contributed by atoms with E-state index in [4.69, 9.17) is 4.74 Å². The van der Waals surface area contributed by atoms with Crippen LogP contribution in [0.25, 0.3) is 0 Å². The fourth-order valence-corrected chi connectivity index (χ4v) is 1.71. The minimum Gasteiger partial charge on any atom is -0.508 e. The highest BCUT2D eigenvalue weighted by atomic mass is 16.5. The van der Waals surface area contributed by atoms with Gasteiger partial charge in [-0.1, -0.05) is 24.3 Å². The van der Waals surface area contributed by atoms with Gasteiger partial charge < -0.3 is 9.84 Å². The van der Waals surface area contributed by atoms with Gasteiger partial charge in [-0.15, -0.1) is 6.58 Å². The van der Waals surface area contributed by atoms with Crippen molar-refractivity contribution in [1.29, 1.82) is 0 Å². The average molecular weight is 240 g/mol. The van der Waals surface area contributed by atoms with Crippen molar-refractivity contribution in [1.82, 2.24) is 0 Å². The van der Waals surface area contributed by atoms with E-state index in [1.54, 1.807) is 18.2 Å². The summed E-state index contributed by atoms with van der Waals surface area (Å²) in [5.74, 6) is 1.78. The van der Waals surface area contributed by atoms with Crippen LogP contribution in [0.3, 0.4) is 0 Å². The van der Waals surface area contributed by atoms with Gasteiger partial charge >= 0.3 is 0 Å². The number of hydrogen-bond acceptors (Lipinski definition) is 2. The Morgan fingerprint density at radius 3 is 3.06 bits per heavy atom. The Balaban J connectivity index is 2.18. The van der Waals surface area contributed by atoms with Crippen molar-refractivity contribution >= 4 is 0 Å². The third-order valence-corrected chi connectivity index (χ3v) is 2.60. The molecule has 1 N–H and O–H groups in total. The second-order valence-electron chi connectivity index (χ2n) is 4.02. The van der Waals surface area contributed by atoms with Crippen molar-refractivity contribution in [3.05, 3.63) is 72.6 Å². The first-order valence-corrected chi connectivity index (χ1v) is 5.93. The summed E-state index contributed by atoms with van der Waals surface area (Å²) in [6.45, 7) is 3.67. The number of phenols is 1. The number of benzene rings is 1. The molecule has 0 amide bonds. The molecule has 0 atom stereocenters. The lowest BCUT2D eigenvalue weighted by atomic mass is 10.1. The first kappa shape index (κ1) is 12.2. The maximum atomic E-state index is 9.67. The molecule has 1 aromatic rings. The maximum absolute atomic E-state index is 9.67. The van der Waals surface area contributed by atoms with E-state index in [0.717, 1.165) is 23.5 Å². The zero-order valence-electron chi connectivity index (χ0n) is 10.2. The molecule has 0 spiro atoms. The maximum Gasteiger partial charge on any atom is 0.127 e. The van der Waals surface area contributed by atoms with Crippen molar-refractivity contribution in [3.8, 4) is 11.5 Å². The molecule has 1 aromatic carbocycles. The lowest BCUT2D eigenvalue weighted by Crippen LogP contribution is -1.93. The molecule has 0 bridgehead atoms. The number of ether oxygens (including phenoxy) is 1. The van der Waals surface area contributed by atoms with E-state index in [2.05, 4.69) is 12.7 Å². The van der Waals surface area contributed by atoms with Crippen molar-refractivity contribution < 1.29 is 9.84 Å². The van der Waals surface area contributed by atoms with Gasteiger partial charge in [0.15, 0.2) is 0 Å². The standard InChI is InChI=1S/C16H16O2/c1-2-7-13-12-15(10-11-16(13)17)18-14-8-5-3-4-6-9-14/h2-3,5-6,8-12,17H,1,4,7H2. The van der Waals surface area contributed by atoms with Gasteiger partial charge in [-0.05, 0) is 43.2 Å². The quantitative estimate of drug-likeness (QED) is 0.809. The van der Waals surface area contributed by atoms with Gasteiger partial charge in [-0.2, -0.15) is 0 Å². The molecule has 1 aliphatic rings. The van der Waals surface area contributed by atoms with Crippen LogP contribution in [-0.2, 0) is 6.42 Å². The molecule has 0 radical (unpaired) electrons. The van der Waals surface area contributed by atoms with E-state index in [9.17, 15) is 5.11 Å². The third kappa shape index (κ3) is 3.14. The van der Waals surface area contributed by atoms with Crippen molar-refractivity contribution in [2.24, 2.45) is 0 Å². The van der Waals surface area contributed by atoms with Crippen molar-refractivity contribution in [2.75, 3.05) is 0 Å². The zero-order valence-corrected chi connectivity index (χ0v) is 10.2. The van der Waals surface area contributed by atoms with Crippen LogP contribution < -0.4 is 4.74 Å². The first-order valence-electron chi connectivity index (χ1n) is 5.93. The largest absolute Gasteiger partial charge is 0.508 e. The Kier molecular flexibility index (Phi) is 4.02. The Morgan fingerprint density at radius 1 is 1.33 bits per heavy atom. The van der Waals surface area contributed by atoms with Crippen LogP contribution in [0.15, 0.2) is 67.0 Å². The highest BCUT2D eigenvalue weighted by molar-refractivity contribution is 5.41. The summed E-state index contributed by atoms with van der Waals surface area (Å²) in [4.78, 5) is 0. The van der Waals surface area contributed by atoms with Gasteiger partial charge in [0.1, 0.15) is 17.3 Å². The van der Waals surface area contributed by atoms with Gasteiger partial charge in [-0.3, -0.25) is 0 Å². The van der Waals surface area contributed by atoms with E-state index in [1.807, 2.05) is 30.4 Å². The smallest absolute Gasteiger partial charge is 0.127 e. The highest BCUT2D eigenvalue weighted by Gasteiger charge is 2.03. The Labute approximate surface area is 107 Å². The molecule has 2 rings (SSSR count). The molecule has 0 unspecified atom stereocenters. The molecular weight excluding hydrogens is 224 g/mol. The molecule has 0 fully saturated rings. The lowest BCUT2D eigenvalue weighted by molar-refractivity contribution is 0.437. The summed E-state index contributed by atoms with van der Waals surface area (Å²) in [5.41, 5.74) is 0.816. The van der Waals surface area contributed by atoms with Crippen LogP contribution in [0, 0.1) is 0 Å². The normalized spacial score (nSPS) is 13.9. The summed E-state index contributed by atoms with van der Waals surface area (Å²) in [6, 6.07) is 5.23. The van der Waals surface area contributed by atoms with E-state index in [0.29, 0.717) is 6.42 Å². The average Bonchev–Trinajstić information content (AvgIpc) is 2.62. The first-order chi connectivity index (χ1) is 8.79. The fraction of sp³-hybridized carbons (Fsp3) is 0.125. The molecule has 2 heteroatoms. The molecule has 0 saturated carbocycles. The predicted molar refractivity (Wildman–Crippen MR) is 73.6 cm³/mol. The molecule has 0 saturated heterocycles. The molecule has 0 aromatic heterocycles. The second-order valence-corrected chi connectivity index (χ2v) is 4.02. The minimum atomic E-state index is 0.271. The summed E-state index contributed by atoms with van der Waals surface area (Å²) >= 11 is 0. The Morgan fingerprint density at radius 2 is 2.22 bits per heavy atom. The zero-order chi connectivity index (χ0) is 12.8. The molecular formula is C16H16O2. The number of allylic oxidation sites excluding steroid dienone is 6.